The van der Waals surface area contributed by atoms with Gasteiger partial charge in [0.1, 0.15) is 0 Å². The highest BCUT2D eigenvalue weighted by Crippen LogP contribution is 2.20. The van der Waals surface area contributed by atoms with Crippen molar-refractivity contribution >= 4 is 16.1 Å². The van der Waals surface area contributed by atoms with Crippen LogP contribution in [0.1, 0.15) is 45.4 Å². The van der Waals surface area contributed by atoms with Crippen LogP contribution in [-0.2, 0) is 19.6 Å². The second-order valence-corrected chi connectivity index (χ2v) is 6.56. The summed E-state index contributed by atoms with van der Waals surface area (Å²) in [4.78, 5) is 12.9. The number of esters is 1. The van der Waals surface area contributed by atoms with Gasteiger partial charge < -0.3 is 4.74 Å². The van der Waals surface area contributed by atoms with Gasteiger partial charge in [-0.25, -0.2) is 0 Å². The number of carbonyl (C=O) groups is 1. The molecule has 0 saturated carbocycles. The van der Waals surface area contributed by atoms with Gasteiger partial charge in [-0.1, -0.05) is 39.0 Å². The molecule has 0 radical (unpaired) electrons. The van der Waals surface area contributed by atoms with Crippen molar-refractivity contribution in [2.45, 2.75) is 51.0 Å². The van der Waals surface area contributed by atoms with Crippen molar-refractivity contribution in [2.24, 2.45) is 0 Å². The molecule has 0 heterocycles. The zero-order valence-electron chi connectivity index (χ0n) is 13.7. The molecule has 0 atom stereocenters. The minimum Gasteiger partial charge on any atom is -0.465 e. The standard InChI is InChI=1S/C12H25NO2.CHF3O3S/c1-4-5-6-7-8-9-10-15-12(14)11-13(2)3;2-1(3,4)8(5,6)7/h4-11H2,1-3H3;(H,5,6,7). The number of unbranched alkanes of at least 4 members (excludes halogenated alkanes) is 5. The van der Waals surface area contributed by atoms with Crippen LogP contribution in [0.15, 0.2) is 0 Å². The third-order valence-corrected chi connectivity index (χ3v) is 3.08. The predicted octanol–water partition coefficient (Wildman–Crippen LogP) is 2.85. The van der Waals surface area contributed by atoms with E-state index in [1.54, 1.807) is 0 Å². The van der Waals surface area contributed by atoms with E-state index in [1.165, 1.54) is 32.1 Å². The van der Waals surface area contributed by atoms with E-state index < -0.39 is 15.6 Å². The summed E-state index contributed by atoms with van der Waals surface area (Å²) in [5.41, 5.74) is -5.53. The van der Waals surface area contributed by atoms with Gasteiger partial charge in [0.25, 0.3) is 0 Å². The van der Waals surface area contributed by atoms with Crippen molar-refractivity contribution < 1.29 is 35.7 Å². The number of halogens is 3. The number of hydrogen-bond donors (Lipinski definition) is 1. The van der Waals surface area contributed by atoms with Crippen molar-refractivity contribution in [1.82, 2.24) is 4.90 Å². The number of hydrogen-bond acceptors (Lipinski definition) is 5. The Labute approximate surface area is 135 Å². The molecule has 0 aliphatic carbocycles. The van der Waals surface area contributed by atoms with Gasteiger partial charge in [0.05, 0.1) is 13.2 Å². The van der Waals surface area contributed by atoms with Gasteiger partial charge in [-0.3, -0.25) is 14.2 Å². The van der Waals surface area contributed by atoms with Crippen LogP contribution in [0.2, 0.25) is 0 Å². The quantitative estimate of drug-likeness (QED) is 0.293. The highest BCUT2D eigenvalue weighted by atomic mass is 32.2. The molecule has 0 unspecified atom stereocenters. The maximum Gasteiger partial charge on any atom is 0.522 e. The summed E-state index contributed by atoms with van der Waals surface area (Å²) in [5, 5.41) is 0. The number of carbonyl (C=O) groups excluding carboxylic acids is 1. The van der Waals surface area contributed by atoms with E-state index in [0.717, 1.165) is 6.42 Å². The molecule has 1 N–H and O–H groups in total. The lowest BCUT2D eigenvalue weighted by atomic mass is 10.1. The van der Waals surface area contributed by atoms with Gasteiger partial charge in [-0.05, 0) is 20.5 Å². The van der Waals surface area contributed by atoms with Gasteiger partial charge in [0.15, 0.2) is 0 Å². The molecular formula is C13H26F3NO5S. The Bertz CT molecular complexity index is 410. The molecule has 10 heteroatoms. The molecule has 140 valence electrons. The zero-order valence-corrected chi connectivity index (χ0v) is 14.5. The lowest BCUT2D eigenvalue weighted by Gasteiger charge is -2.09. The van der Waals surface area contributed by atoms with Crippen molar-refractivity contribution in [2.75, 3.05) is 27.2 Å². The molecule has 0 aromatic heterocycles. The molecule has 0 rings (SSSR count). The molecule has 0 bridgehead atoms. The molecule has 6 nitrogen and oxygen atoms in total. The van der Waals surface area contributed by atoms with Gasteiger partial charge in [0, 0.05) is 0 Å². The predicted molar refractivity (Wildman–Crippen MR) is 80.5 cm³/mol. The lowest BCUT2D eigenvalue weighted by Crippen LogP contribution is -2.23. The number of rotatable bonds is 9. The average molecular weight is 365 g/mol. The Morgan fingerprint density at radius 1 is 1.09 bits per heavy atom. The Hall–Kier alpha value is -0.870. The van der Waals surface area contributed by atoms with E-state index in [1.807, 2.05) is 19.0 Å². The van der Waals surface area contributed by atoms with E-state index in [2.05, 4.69) is 6.92 Å². The second-order valence-electron chi connectivity index (χ2n) is 5.15. The SMILES string of the molecule is CCCCCCCCOC(=O)CN(C)C.O=S(=O)(O)C(F)(F)F. The van der Waals surface area contributed by atoms with Crippen LogP contribution in [0.25, 0.3) is 0 Å². The Kier molecular flexibility index (Phi) is 13.3. The smallest absolute Gasteiger partial charge is 0.465 e. The average Bonchev–Trinajstić information content (AvgIpc) is 2.35. The number of likely N-dealkylation sites (N-methyl/N-ethyl adjacent to an activating group) is 1. The Balaban J connectivity index is 0. The van der Waals surface area contributed by atoms with Crippen LogP contribution in [0, 0.1) is 0 Å². The fourth-order valence-electron chi connectivity index (χ4n) is 1.37. The number of nitrogens with zero attached hydrogens (tertiary/aromatic N) is 1. The summed E-state index contributed by atoms with van der Waals surface area (Å²) >= 11 is 0. The van der Waals surface area contributed by atoms with Gasteiger partial charge >= 0.3 is 21.6 Å². The van der Waals surface area contributed by atoms with Gasteiger partial charge in [-0.15, -0.1) is 0 Å². The van der Waals surface area contributed by atoms with E-state index >= 15 is 0 Å². The second kappa shape index (κ2) is 12.5. The molecule has 0 amide bonds. The molecule has 23 heavy (non-hydrogen) atoms. The van der Waals surface area contributed by atoms with Crippen LogP contribution in [0.5, 0.6) is 0 Å². The summed E-state index contributed by atoms with van der Waals surface area (Å²) in [7, 11) is -2.11. The third kappa shape index (κ3) is 17.3. The number of ether oxygens (including phenoxy) is 1. The van der Waals surface area contributed by atoms with Gasteiger partial charge in [0.2, 0.25) is 0 Å². The van der Waals surface area contributed by atoms with Crippen LogP contribution < -0.4 is 0 Å². The summed E-state index contributed by atoms with van der Waals surface area (Å²) < 4.78 is 62.6. The summed E-state index contributed by atoms with van der Waals surface area (Å²) in [5.74, 6) is -0.117. The fourth-order valence-corrected chi connectivity index (χ4v) is 1.37. The van der Waals surface area contributed by atoms with Crippen LogP contribution in [0.4, 0.5) is 13.2 Å². The Morgan fingerprint density at radius 3 is 1.91 bits per heavy atom. The minimum absolute atomic E-state index is 0.117. The monoisotopic (exact) mass is 365 g/mol. The van der Waals surface area contributed by atoms with Crippen molar-refractivity contribution in [3.05, 3.63) is 0 Å². The lowest BCUT2D eigenvalue weighted by molar-refractivity contribution is -0.144. The first kappa shape index (κ1) is 24.4. The molecule has 0 aliphatic heterocycles. The highest BCUT2D eigenvalue weighted by molar-refractivity contribution is 7.86. The molecule has 0 spiro atoms. The molecular weight excluding hydrogens is 339 g/mol. The van der Waals surface area contributed by atoms with Crippen LogP contribution in [-0.4, -0.2) is 56.6 Å². The first-order valence-corrected chi connectivity index (χ1v) is 8.70. The third-order valence-electron chi connectivity index (χ3n) is 2.50. The normalized spacial score (nSPS) is 11.8. The summed E-state index contributed by atoms with van der Waals surface area (Å²) in [6.07, 6.45) is 7.34. The molecule has 0 saturated heterocycles. The van der Waals surface area contributed by atoms with E-state index in [9.17, 15) is 18.0 Å². The molecule has 0 aromatic rings. The summed E-state index contributed by atoms with van der Waals surface area (Å²) in [6, 6.07) is 0. The first-order valence-electron chi connectivity index (χ1n) is 7.26. The molecule has 0 aliphatic rings. The van der Waals surface area contributed by atoms with Crippen LogP contribution >= 0.6 is 0 Å². The van der Waals surface area contributed by atoms with Gasteiger partial charge in [-0.2, -0.15) is 21.6 Å². The zero-order chi connectivity index (χ0) is 18.5. The number of alkyl halides is 3. The van der Waals surface area contributed by atoms with E-state index in [-0.39, 0.29) is 5.97 Å². The van der Waals surface area contributed by atoms with Crippen molar-refractivity contribution in [3.63, 3.8) is 0 Å². The van der Waals surface area contributed by atoms with Crippen molar-refractivity contribution in [1.29, 1.82) is 0 Å². The molecule has 0 aromatic carbocycles. The first-order chi connectivity index (χ1) is 10.4. The Morgan fingerprint density at radius 2 is 1.52 bits per heavy atom. The minimum atomic E-state index is -5.84. The maximum absolute atomic E-state index is 11.1. The maximum atomic E-state index is 11.1. The van der Waals surface area contributed by atoms with Crippen LogP contribution in [0.3, 0.4) is 0 Å². The topological polar surface area (TPSA) is 83.9 Å². The van der Waals surface area contributed by atoms with Crippen molar-refractivity contribution in [3.8, 4) is 0 Å². The highest BCUT2D eigenvalue weighted by Gasteiger charge is 2.44. The summed E-state index contributed by atoms with van der Waals surface area (Å²) in [6.45, 7) is 3.18. The largest absolute Gasteiger partial charge is 0.522 e. The van der Waals surface area contributed by atoms with E-state index in [0.29, 0.717) is 13.2 Å². The molecule has 0 fully saturated rings. The fraction of sp³-hybridized carbons (Fsp3) is 0.923. The van der Waals surface area contributed by atoms with E-state index in [4.69, 9.17) is 17.7 Å².